The van der Waals surface area contributed by atoms with Gasteiger partial charge in [0.15, 0.2) is 0 Å². The highest BCUT2D eigenvalue weighted by atomic mass is 35.5. The van der Waals surface area contributed by atoms with Crippen LogP contribution in [0.2, 0.25) is 5.15 Å². The van der Waals surface area contributed by atoms with Gasteiger partial charge in [-0.1, -0.05) is 56.3 Å². The Hall–Kier alpha value is -1.59. The van der Waals surface area contributed by atoms with E-state index in [2.05, 4.69) is 37.9 Å². The molecule has 2 rings (SSSR count). The van der Waals surface area contributed by atoms with Crippen molar-refractivity contribution in [1.82, 2.24) is 4.98 Å². The van der Waals surface area contributed by atoms with Gasteiger partial charge in [-0.3, -0.25) is 10.1 Å². The van der Waals surface area contributed by atoms with E-state index in [0.29, 0.717) is 5.03 Å². The number of hydrogen-bond acceptors (Lipinski definition) is 4. The van der Waals surface area contributed by atoms with E-state index in [1.807, 2.05) is 12.1 Å². The van der Waals surface area contributed by atoms with Gasteiger partial charge in [0.1, 0.15) is 10.2 Å². The van der Waals surface area contributed by atoms with E-state index in [-0.39, 0.29) is 16.3 Å². The molecule has 2 aromatic rings. The van der Waals surface area contributed by atoms with Crippen LogP contribution in [-0.2, 0) is 5.41 Å². The second-order valence-electron chi connectivity index (χ2n) is 5.62. The molecule has 0 fully saturated rings. The molecule has 0 unspecified atom stereocenters. The third-order valence-corrected chi connectivity index (χ3v) is 4.03. The van der Waals surface area contributed by atoms with Gasteiger partial charge in [-0.15, -0.1) is 0 Å². The first-order valence-electron chi connectivity index (χ1n) is 6.36. The predicted octanol–water partition coefficient (Wildman–Crippen LogP) is 5.09. The molecular weight excluding hydrogens is 308 g/mol. The number of pyridine rings is 1. The highest BCUT2D eigenvalue weighted by molar-refractivity contribution is 7.99. The number of benzene rings is 1. The van der Waals surface area contributed by atoms with Crippen molar-refractivity contribution in [2.45, 2.75) is 36.1 Å². The highest BCUT2D eigenvalue weighted by Gasteiger charge is 2.14. The van der Waals surface area contributed by atoms with Crippen molar-refractivity contribution in [2.24, 2.45) is 0 Å². The van der Waals surface area contributed by atoms with E-state index < -0.39 is 4.92 Å². The van der Waals surface area contributed by atoms with E-state index in [4.69, 9.17) is 11.6 Å². The zero-order valence-electron chi connectivity index (χ0n) is 12.0. The fourth-order valence-electron chi connectivity index (χ4n) is 1.76. The van der Waals surface area contributed by atoms with Gasteiger partial charge >= 0.3 is 0 Å². The maximum Gasteiger partial charge on any atom is 0.275 e. The molecular formula is C15H15ClN2O2S. The van der Waals surface area contributed by atoms with E-state index in [0.717, 1.165) is 4.90 Å². The molecule has 1 aromatic heterocycles. The van der Waals surface area contributed by atoms with Crippen molar-refractivity contribution >= 4 is 29.1 Å². The van der Waals surface area contributed by atoms with Crippen LogP contribution in [0.25, 0.3) is 0 Å². The Balaban J connectivity index is 2.24. The molecule has 6 heteroatoms. The molecule has 0 aliphatic heterocycles. The van der Waals surface area contributed by atoms with Crippen LogP contribution in [-0.4, -0.2) is 9.91 Å². The topological polar surface area (TPSA) is 56.0 Å². The Morgan fingerprint density at radius 1 is 1.19 bits per heavy atom. The summed E-state index contributed by atoms with van der Waals surface area (Å²) in [6.07, 6.45) is 0. The minimum absolute atomic E-state index is 0.0520. The molecule has 0 aliphatic carbocycles. The smallest absolute Gasteiger partial charge is 0.258 e. The van der Waals surface area contributed by atoms with Crippen LogP contribution >= 0.6 is 23.4 Å². The van der Waals surface area contributed by atoms with Gasteiger partial charge in [-0.25, -0.2) is 4.98 Å². The summed E-state index contributed by atoms with van der Waals surface area (Å²) in [4.78, 5) is 15.4. The Morgan fingerprint density at radius 2 is 1.81 bits per heavy atom. The lowest BCUT2D eigenvalue weighted by molar-refractivity contribution is -0.385. The van der Waals surface area contributed by atoms with Crippen molar-refractivity contribution in [2.75, 3.05) is 0 Å². The summed E-state index contributed by atoms with van der Waals surface area (Å²) in [5, 5.41) is 11.5. The quantitative estimate of drug-likeness (QED) is 0.448. The number of halogens is 1. The number of nitro groups is 1. The summed E-state index contributed by atoms with van der Waals surface area (Å²) in [7, 11) is 0. The SMILES string of the molecule is CC(C)(C)c1ccc(Sc2cc([N+](=O)[O-])cc(Cl)n2)cc1. The van der Waals surface area contributed by atoms with E-state index in [1.54, 1.807) is 0 Å². The minimum Gasteiger partial charge on any atom is -0.258 e. The van der Waals surface area contributed by atoms with Gasteiger partial charge in [0, 0.05) is 11.0 Å². The summed E-state index contributed by atoms with van der Waals surface area (Å²) in [6.45, 7) is 6.45. The molecule has 0 atom stereocenters. The standard InChI is InChI=1S/C15H15ClN2O2S/c1-15(2,3)10-4-6-12(7-5-10)21-14-9-11(18(19)20)8-13(16)17-14/h4-9H,1-3H3. The molecule has 4 nitrogen and oxygen atoms in total. The number of nitrogens with zero attached hydrogens (tertiary/aromatic N) is 2. The maximum absolute atomic E-state index is 10.8. The molecule has 0 saturated heterocycles. The highest BCUT2D eigenvalue weighted by Crippen LogP contribution is 2.32. The van der Waals surface area contributed by atoms with E-state index in [9.17, 15) is 10.1 Å². The van der Waals surface area contributed by atoms with E-state index >= 15 is 0 Å². The predicted molar refractivity (Wildman–Crippen MR) is 85.2 cm³/mol. The van der Waals surface area contributed by atoms with Crippen molar-refractivity contribution in [3.63, 3.8) is 0 Å². The molecule has 0 radical (unpaired) electrons. The average Bonchev–Trinajstić information content (AvgIpc) is 2.37. The zero-order valence-corrected chi connectivity index (χ0v) is 13.5. The molecule has 0 amide bonds. The molecule has 1 aromatic carbocycles. The first-order chi connectivity index (χ1) is 9.75. The molecule has 0 bridgehead atoms. The van der Waals surface area contributed by atoms with E-state index in [1.165, 1.54) is 29.5 Å². The fraction of sp³-hybridized carbons (Fsp3) is 0.267. The van der Waals surface area contributed by atoms with Crippen LogP contribution in [0.15, 0.2) is 46.3 Å². The summed E-state index contributed by atoms with van der Waals surface area (Å²) < 4.78 is 0. The van der Waals surface area contributed by atoms with Gasteiger partial charge in [-0.05, 0) is 23.1 Å². The second kappa shape index (κ2) is 6.03. The molecule has 110 valence electrons. The number of aromatic nitrogens is 1. The van der Waals surface area contributed by atoms with Crippen LogP contribution in [0, 0.1) is 10.1 Å². The lowest BCUT2D eigenvalue weighted by Gasteiger charge is -2.18. The van der Waals surface area contributed by atoms with Gasteiger partial charge in [0.2, 0.25) is 0 Å². The third kappa shape index (κ3) is 4.19. The summed E-state index contributed by atoms with van der Waals surface area (Å²) in [5.74, 6) is 0. The molecule has 0 aliphatic rings. The summed E-state index contributed by atoms with van der Waals surface area (Å²) in [5.41, 5.74) is 1.27. The first-order valence-corrected chi connectivity index (χ1v) is 7.55. The van der Waals surface area contributed by atoms with Crippen molar-refractivity contribution in [1.29, 1.82) is 0 Å². The Morgan fingerprint density at radius 3 is 2.33 bits per heavy atom. The monoisotopic (exact) mass is 322 g/mol. The lowest BCUT2D eigenvalue weighted by Crippen LogP contribution is -2.10. The van der Waals surface area contributed by atoms with Crippen molar-refractivity contribution in [3.8, 4) is 0 Å². The average molecular weight is 323 g/mol. The van der Waals surface area contributed by atoms with Crippen molar-refractivity contribution < 1.29 is 4.92 Å². The van der Waals surface area contributed by atoms with Crippen LogP contribution in [0.5, 0.6) is 0 Å². The molecule has 21 heavy (non-hydrogen) atoms. The summed E-state index contributed by atoms with van der Waals surface area (Å²) in [6, 6.07) is 10.8. The van der Waals surface area contributed by atoms with Crippen LogP contribution in [0.4, 0.5) is 5.69 Å². The second-order valence-corrected chi connectivity index (χ2v) is 7.10. The minimum atomic E-state index is -0.472. The molecule has 0 spiro atoms. The summed E-state index contributed by atoms with van der Waals surface area (Å²) >= 11 is 7.17. The number of hydrogen-bond donors (Lipinski definition) is 0. The van der Waals surface area contributed by atoms with Gasteiger partial charge in [-0.2, -0.15) is 0 Å². The Labute approximate surface area is 132 Å². The van der Waals surface area contributed by atoms with Crippen LogP contribution in [0.3, 0.4) is 0 Å². The zero-order chi connectivity index (χ0) is 15.6. The van der Waals surface area contributed by atoms with Gasteiger partial charge < -0.3 is 0 Å². The molecule has 0 saturated carbocycles. The van der Waals surface area contributed by atoms with Crippen molar-refractivity contribution in [3.05, 3.63) is 57.2 Å². The number of rotatable bonds is 3. The third-order valence-electron chi connectivity index (χ3n) is 2.91. The van der Waals surface area contributed by atoms with Gasteiger partial charge in [0.25, 0.3) is 5.69 Å². The van der Waals surface area contributed by atoms with Crippen LogP contribution < -0.4 is 0 Å². The van der Waals surface area contributed by atoms with Gasteiger partial charge in [0.05, 0.1) is 11.0 Å². The fourth-order valence-corrected chi connectivity index (χ4v) is 2.85. The Bertz CT molecular complexity index is 666. The largest absolute Gasteiger partial charge is 0.275 e. The first kappa shape index (κ1) is 15.8. The maximum atomic E-state index is 10.8. The lowest BCUT2D eigenvalue weighted by atomic mass is 9.87. The normalized spacial score (nSPS) is 11.4. The molecule has 0 N–H and O–H groups in total. The Kier molecular flexibility index (Phi) is 4.54. The van der Waals surface area contributed by atoms with Crippen LogP contribution in [0.1, 0.15) is 26.3 Å². The molecule has 1 heterocycles.